The van der Waals surface area contributed by atoms with E-state index in [0.29, 0.717) is 30.5 Å². The largest absolute Gasteiger partial charge is 0.449 e. The SMILES string of the molecule is CC(=O)O[C@]1(C(=O)SCF)[C@H](C)C[C@H]2C3C[C@H](F)C4=CC(=O)C=C[C@]4(C)[C@@]3(F)[C@@H](O)C[C@@]21C.CCOOOS.CCSC(=O)[C@@]1(OC(C)=O)[C@H](C)C[C@H]2C3C[C@H](F)C4=CC(=O)C=C[C@]4(C)[C@@]3(F)[C@@H](O)C[C@@]21C. The quantitative estimate of drug-likeness (QED) is 0.0377. The van der Waals surface area contributed by atoms with Crippen molar-refractivity contribution < 1.29 is 84.7 Å². The monoisotopic (exact) mass is 1080 g/mol. The molecular weight excluding hydrogens is 1010 g/mol. The third-order valence-corrected chi connectivity index (χ3v) is 19.8. The summed E-state index contributed by atoms with van der Waals surface area (Å²) >= 11 is 4.64. The fourth-order valence-electron chi connectivity index (χ4n) is 15.4. The summed E-state index contributed by atoms with van der Waals surface area (Å²) in [5.74, 6) is -5.76. The number of esters is 2. The van der Waals surface area contributed by atoms with Gasteiger partial charge in [0.25, 0.3) is 0 Å². The van der Waals surface area contributed by atoms with Gasteiger partial charge in [-0.05, 0) is 124 Å². The number of aliphatic hydroxyl groups is 2. The minimum Gasteiger partial charge on any atom is -0.449 e. The number of fused-ring (bicyclic) bond motifs is 10. The number of halogens is 5. The van der Waals surface area contributed by atoms with Crippen molar-refractivity contribution in [1.82, 2.24) is 0 Å². The first-order chi connectivity index (χ1) is 33.5. The zero-order valence-corrected chi connectivity index (χ0v) is 44.7. The van der Waals surface area contributed by atoms with E-state index in [1.54, 1.807) is 34.6 Å². The van der Waals surface area contributed by atoms with Gasteiger partial charge in [-0.25, -0.2) is 26.8 Å². The Bertz CT molecular complexity index is 2160. The van der Waals surface area contributed by atoms with Gasteiger partial charge in [-0.3, -0.25) is 28.8 Å². The van der Waals surface area contributed by atoms with Gasteiger partial charge in [0.2, 0.25) is 10.2 Å². The van der Waals surface area contributed by atoms with Gasteiger partial charge in [0.15, 0.2) is 34.1 Å². The van der Waals surface area contributed by atoms with Gasteiger partial charge in [0.05, 0.1) is 18.8 Å². The van der Waals surface area contributed by atoms with E-state index in [4.69, 9.17) is 9.47 Å². The summed E-state index contributed by atoms with van der Waals surface area (Å²) in [5, 5.41) is 25.6. The topological polar surface area (TPSA) is 189 Å². The van der Waals surface area contributed by atoms with Crippen molar-refractivity contribution in [2.45, 2.75) is 155 Å². The molecule has 6 fully saturated rings. The molecule has 0 heterocycles. The minimum absolute atomic E-state index is 0.0118. The molecule has 6 saturated carbocycles. The van der Waals surface area contributed by atoms with Gasteiger partial charge in [0.1, 0.15) is 18.3 Å². The molecule has 0 aliphatic heterocycles. The second-order valence-corrected chi connectivity index (χ2v) is 23.7. The van der Waals surface area contributed by atoms with Crippen molar-refractivity contribution in [3.05, 3.63) is 47.6 Å². The second-order valence-electron chi connectivity index (χ2n) is 21.5. The first-order valence-electron chi connectivity index (χ1n) is 24.3. The molecule has 18 atom stereocenters. The van der Waals surface area contributed by atoms with Crippen LogP contribution in [-0.2, 0) is 52.5 Å². The van der Waals surface area contributed by atoms with Crippen molar-refractivity contribution >= 4 is 70.2 Å². The number of aliphatic hydroxyl groups excluding tert-OH is 2. The molecule has 0 radical (unpaired) electrons. The lowest BCUT2D eigenvalue weighted by Gasteiger charge is -2.63. The number of thiol groups is 1. The van der Waals surface area contributed by atoms with Gasteiger partial charge >= 0.3 is 11.9 Å². The molecule has 0 bridgehead atoms. The van der Waals surface area contributed by atoms with E-state index in [1.165, 1.54) is 38.2 Å². The van der Waals surface area contributed by atoms with Crippen molar-refractivity contribution in [3.63, 3.8) is 0 Å². The number of rotatable bonds is 9. The number of hydrogen-bond donors (Lipinski definition) is 3. The maximum Gasteiger partial charge on any atom is 0.303 e. The second kappa shape index (κ2) is 20.9. The molecule has 0 amide bonds. The van der Waals surface area contributed by atoms with Crippen LogP contribution in [0.5, 0.6) is 0 Å². The lowest BCUT2D eigenvalue weighted by molar-refractivity contribution is -0.457. The van der Waals surface area contributed by atoms with Gasteiger partial charge < -0.3 is 19.7 Å². The van der Waals surface area contributed by atoms with Crippen molar-refractivity contribution in [2.75, 3.05) is 18.4 Å². The zero-order chi connectivity index (χ0) is 53.9. The predicted molar refractivity (Wildman–Crippen MR) is 260 cm³/mol. The highest BCUT2D eigenvalue weighted by Gasteiger charge is 2.80. The van der Waals surface area contributed by atoms with Crippen molar-refractivity contribution in [2.24, 2.45) is 57.2 Å². The average molecular weight is 1080 g/mol. The Labute approximate surface area is 431 Å². The summed E-state index contributed by atoms with van der Waals surface area (Å²) in [6.45, 7) is 16.4. The molecule has 21 heteroatoms. The number of alkyl halides is 5. The summed E-state index contributed by atoms with van der Waals surface area (Å²) in [7, 11) is 0. The molecule has 13 nitrogen and oxygen atoms in total. The number of hydrogen-bond acceptors (Lipinski definition) is 16. The molecular formula is C51H67F5O13S3. The number of carbonyl (C=O) groups excluding carboxylic acids is 6. The van der Waals surface area contributed by atoms with Crippen LogP contribution in [0.1, 0.15) is 108 Å². The molecule has 8 rings (SSSR count). The van der Waals surface area contributed by atoms with Crippen LogP contribution in [0.3, 0.4) is 0 Å². The van der Waals surface area contributed by atoms with Crippen LogP contribution in [0.25, 0.3) is 0 Å². The number of thioether (sulfide) groups is 2. The Morgan fingerprint density at radius 1 is 0.694 bits per heavy atom. The van der Waals surface area contributed by atoms with E-state index < -0.39 is 139 Å². The summed E-state index contributed by atoms with van der Waals surface area (Å²) in [6, 6.07) is -1.02. The number of ketones is 2. The normalized spacial score (nSPS) is 45.1. The number of carbonyl (C=O) groups is 6. The molecule has 0 aromatic heterocycles. The van der Waals surface area contributed by atoms with Crippen LogP contribution in [0.4, 0.5) is 22.0 Å². The highest BCUT2D eigenvalue weighted by molar-refractivity contribution is 8.14. The Morgan fingerprint density at radius 3 is 1.40 bits per heavy atom. The van der Waals surface area contributed by atoms with Gasteiger partial charge in [-0.2, -0.15) is 0 Å². The molecule has 402 valence electrons. The van der Waals surface area contributed by atoms with Gasteiger partial charge in [-0.1, -0.05) is 63.6 Å². The van der Waals surface area contributed by atoms with Crippen LogP contribution < -0.4 is 0 Å². The van der Waals surface area contributed by atoms with E-state index in [9.17, 15) is 43.4 Å². The van der Waals surface area contributed by atoms with Crippen LogP contribution in [0.2, 0.25) is 0 Å². The Morgan fingerprint density at radius 2 is 1.08 bits per heavy atom. The number of ether oxygens (including phenoxy) is 2. The average Bonchev–Trinajstić information content (AvgIpc) is 3.65. The molecule has 0 saturated heterocycles. The fourth-order valence-corrected chi connectivity index (χ4v) is 17.1. The van der Waals surface area contributed by atoms with Gasteiger partial charge in [-0.15, -0.1) is 4.33 Å². The molecule has 0 aromatic carbocycles. The van der Waals surface area contributed by atoms with Crippen molar-refractivity contribution in [1.29, 1.82) is 0 Å². The first-order valence-corrected chi connectivity index (χ1v) is 26.7. The molecule has 8 aliphatic rings. The van der Waals surface area contributed by atoms with Crippen molar-refractivity contribution in [3.8, 4) is 0 Å². The summed E-state index contributed by atoms with van der Waals surface area (Å²) in [5.41, 5.74) is -13.1. The minimum atomic E-state index is -2.30. The third kappa shape index (κ3) is 8.46. The standard InChI is InChI=1S/C25H32F2O5S.C24H29F3O5S.C2H6O3S/c1-6-33-21(31)25(32-14(3)28)13(2)9-16-17-11-19(26)18-10-15(29)7-8-22(18,4)24(17,27)20(30)12-23(16,25)5;1-12-7-15-16-9-18(26)17-8-14(29)5-6-21(17,3)23(16,27)19(30)10-22(15,4)24(12,32-13(2)28)20(31)33-11-25;1-2-3-4-5-6/h7-8,10,13,16-17,19-20,30H,6,9,11-12H2,1-5H3;5-6,8,12,15-16,18-19,30H,7,9-11H2,1-4H3;6H,2H2,1H3/t13-,16+,17?,19+,20+,22+,23+,24+,25+;12-,15+,16?,18+,19+,21+,22+,23+,24+;/m11./s1. The highest BCUT2D eigenvalue weighted by Crippen LogP contribution is 2.74. The third-order valence-electron chi connectivity index (χ3n) is 18.2. The maximum atomic E-state index is 17.2. The maximum absolute atomic E-state index is 17.2. The molecule has 8 aliphatic carbocycles. The molecule has 0 spiro atoms. The van der Waals surface area contributed by atoms with E-state index in [0.717, 1.165) is 30.8 Å². The van der Waals surface area contributed by atoms with Crippen LogP contribution >= 0.6 is 36.4 Å². The smallest absolute Gasteiger partial charge is 0.303 e. The Hall–Kier alpha value is -2.92. The fraction of sp³-hybridized carbons (Fsp3) is 0.725. The van der Waals surface area contributed by atoms with Gasteiger partial charge in [0, 0.05) is 72.1 Å². The lowest BCUT2D eigenvalue weighted by atomic mass is 9.44. The molecule has 0 aromatic rings. The highest BCUT2D eigenvalue weighted by atomic mass is 32.2. The zero-order valence-electron chi connectivity index (χ0n) is 42.1. The molecule has 2 unspecified atom stereocenters. The number of allylic oxidation sites excluding steroid dienone is 8. The Balaban J connectivity index is 0.000000211. The van der Waals surface area contributed by atoms with Crippen LogP contribution in [-0.4, -0.2) is 109 Å². The lowest BCUT2D eigenvalue weighted by Crippen LogP contribution is -2.70. The first kappa shape index (κ1) is 58.3. The van der Waals surface area contributed by atoms with E-state index in [2.05, 4.69) is 27.2 Å². The molecule has 2 N–H and O–H groups in total. The summed E-state index contributed by atoms with van der Waals surface area (Å²) in [6.07, 6.45) is 0.911. The summed E-state index contributed by atoms with van der Waals surface area (Å²) in [4.78, 5) is 79.1. The Kier molecular flexibility index (Phi) is 16.9. The van der Waals surface area contributed by atoms with E-state index >= 15 is 17.6 Å². The van der Waals surface area contributed by atoms with Crippen LogP contribution in [0, 0.1) is 57.2 Å². The predicted octanol–water partition coefficient (Wildman–Crippen LogP) is 8.90. The van der Waals surface area contributed by atoms with E-state index in [1.807, 2.05) is 13.8 Å². The van der Waals surface area contributed by atoms with Crippen LogP contribution in [0.15, 0.2) is 47.6 Å². The molecule has 72 heavy (non-hydrogen) atoms. The van der Waals surface area contributed by atoms with E-state index in [-0.39, 0.29) is 48.4 Å². The summed E-state index contributed by atoms with van der Waals surface area (Å²) < 4.78 is 93.8.